The van der Waals surface area contributed by atoms with Crippen LogP contribution in [0.25, 0.3) is 0 Å². The molecular formula is C22H46N2O2. The van der Waals surface area contributed by atoms with Gasteiger partial charge in [0.2, 0.25) is 0 Å². The lowest BCUT2D eigenvalue weighted by molar-refractivity contribution is -0.139. The van der Waals surface area contributed by atoms with Gasteiger partial charge in [-0.25, -0.2) is 0 Å². The molecule has 0 fully saturated rings. The van der Waals surface area contributed by atoms with Crippen molar-refractivity contribution in [1.82, 2.24) is 10.6 Å². The van der Waals surface area contributed by atoms with Gasteiger partial charge in [0.15, 0.2) is 0 Å². The van der Waals surface area contributed by atoms with E-state index in [1.807, 2.05) is 6.92 Å². The van der Waals surface area contributed by atoms with Crippen molar-refractivity contribution in [2.24, 2.45) is 0 Å². The van der Waals surface area contributed by atoms with Crippen molar-refractivity contribution in [1.29, 1.82) is 0 Å². The fourth-order valence-corrected chi connectivity index (χ4v) is 3.27. The number of carboxylic acids is 1. The van der Waals surface area contributed by atoms with E-state index in [4.69, 9.17) is 5.11 Å². The maximum Gasteiger partial charge on any atom is 0.320 e. The zero-order chi connectivity index (χ0) is 19.3. The highest BCUT2D eigenvalue weighted by atomic mass is 16.4. The normalized spacial score (nSPS) is 12.4. The Hall–Kier alpha value is -0.610. The summed E-state index contributed by atoms with van der Waals surface area (Å²) in [6.07, 6.45) is 19.6. The summed E-state index contributed by atoms with van der Waals surface area (Å²) in [5, 5.41) is 15.5. The summed E-state index contributed by atoms with van der Waals surface area (Å²) >= 11 is 0. The Morgan fingerprint density at radius 1 is 0.692 bits per heavy atom. The predicted octanol–water partition coefficient (Wildman–Crippen LogP) is 5.51. The average molecular weight is 371 g/mol. The van der Waals surface area contributed by atoms with Gasteiger partial charge in [-0.2, -0.15) is 0 Å². The molecule has 0 rings (SSSR count). The Labute approximate surface area is 162 Å². The second-order valence-electron chi connectivity index (χ2n) is 7.60. The van der Waals surface area contributed by atoms with Crippen LogP contribution < -0.4 is 10.6 Å². The molecule has 0 aromatic rings. The minimum absolute atomic E-state index is 0.385. The van der Waals surface area contributed by atoms with E-state index in [0.29, 0.717) is 6.42 Å². The Morgan fingerprint density at radius 3 is 1.58 bits per heavy atom. The van der Waals surface area contributed by atoms with Crippen LogP contribution in [0.4, 0.5) is 0 Å². The maximum absolute atomic E-state index is 10.9. The molecule has 26 heavy (non-hydrogen) atoms. The highest BCUT2D eigenvalue weighted by molar-refractivity contribution is 5.73. The van der Waals surface area contributed by atoms with Crippen molar-refractivity contribution >= 4 is 5.97 Å². The standard InChI is InChI=1S/C22H46N2O2/c1-3-5-6-7-8-9-10-11-12-13-14-15-18-23-19-16-17-20-24-21(4-2)22(25)26/h21,23-24H,3-20H2,1-2H3,(H,25,26). The van der Waals surface area contributed by atoms with Crippen LogP contribution in [0, 0.1) is 0 Å². The van der Waals surface area contributed by atoms with Crippen molar-refractivity contribution in [3.05, 3.63) is 0 Å². The van der Waals surface area contributed by atoms with Gasteiger partial charge in [-0.05, 0) is 45.3 Å². The minimum atomic E-state index is -0.738. The Bertz CT molecular complexity index is 298. The van der Waals surface area contributed by atoms with Crippen LogP contribution >= 0.6 is 0 Å². The van der Waals surface area contributed by atoms with Crippen LogP contribution in [0.5, 0.6) is 0 Å². The van der Waals surface area contributed by atoms with E-state index in [2.05, 4.69) is 17.6 Å². The largest absolute Gasteiger partial charge is 0.480 e. The molecule has 0 saturated carbocycles. The number of hydrogen-bond donors (Lipinski definition) is 3. The fraction of sp³-hybridized carbons (Fsp3) is 0.955. The quantitative estimate of drug-likeness (QED) is 0.233. The molecule has 1 atom stereocenters. The monoisotopic (exact) mass is 370 g/mol. The molecule has 0 heterocycles. The first-order valence-electron chi connectivity index (χ1n) is 11.4. The summed E-state index contributed by atoms with van der Waals surface area (Å²) < 4.78 is 0. The number of rotatable bonds is 21. The van der Waals surface area contributed by atoms with Crippen molar-refractivity contribution in [2.75, 3.05) is 19.6 Å². The molecule has 0 saturated heterocycles. The molecule has 0 bridgehead atoms. The van der Waals surface area contributed by atoms with E-state index in [1.54, 1.807) is 0 Å². The number of carbonyl (C=O) groups is 1. The number of carboxylic acid groups (broad SMARTS) is 1. The van der Waals surface area contributed by atoms with Gasteiger partial charge in [-0.1, -0.05) is 84.5 Å². The molecule has 4 heteroatoms. The number of unbranched alkanes of at least 4 members (excludes halogenated alkanes) is 12. The van der Waals surface area contributed by atoms with Crippen molar-refractivity contribution < 1.29 is 9.90 Å². The van der Waals surface area contributed by atoms with Crippen molar-refractivity contribution in [3.8, 4) is 0 Å². The zero-order valence-electron chi connectivity index (χ0n) is 17.7. The van der Waals surface area contributed by atoms with Crippen LogP contribution in [-0.4, -0.2) is 36.8 Å². The first kappa shape index (κ1) is 25.4. The lowest BCUT2D eigenvalue weighted by Crippen LogP contribution is -2.36. The topological polar surface area (TPSA) is 61.4 Å². The maximum atomic E-state index is 10.9. The van der Waals surface area contributed by atoms with Gasteiger partial charge in [-0.3, -0.25) is 4.79 Å². The van der Waals surface area contributed by atoms with Gasteiger partial charge in [0, 0.05) is 0 Å². The summed E-state index contributed by atoms with van der Waals surface area (Å²) in [7, 11) is 0. The van der Waals surface area contributed by atoms with E-state index in [1.165, 1.54) is 77.0 Å². The molecule has 1 unspecified atom stereocenters. The van der Waals surface area contributed by atoms with Crippen LogP contribution in [0.2, 0.25) is 0 Å². The molecule has 0 spiro atoms. The Kier molecular flexibility index (Phi) is 20.2. The lowest BCUT2D eigenvalue weighted by Gasteiger charge is -2.11. The van der Waals surface area contributed by atoms with Gasteiger partial charge in [0.05, 0.1) is 0 Å². The third-order valence-corrected chi connectivity index (χ3v) is 5.08. The molecule has 156 valence electrons. The lowest BCUT2D eigenvalue weighted by atomic mass is 10.1. The van der Waals surface area contributed by atoms with Crippen LogP contribution in [0.15, 0.2) is 0 Å². The molecule has 4 nitrogen and oxygen atoms in total. The second kappa shape index (κ2) is 20.7. The molecule has 0 aliphatic heterocycles. The van der Waals surface area contributed by atoms with Crippen molar-refractivity contribution in [3.63, 3.8) is 0 Å². The molecular weight excluding hydrogens is 324 g/mol. The highest BCUT2D eigenvalue weighted by Crippen LogP contribution is 2.11. The highest BCUT2D eigenvalue weighted by Gasteiger charge is 2.12. The first-order valence-corrected chi connectivity index (χ1v) is 11.4. The van der Waals surface area contributed by atoms with Gasteiger partial charge in [0.25, 0.3) is 0 Å². The SMILES string of the molecule is CCCCCCCCCCCCCCNCCCCNC(CC)C(=O)O. The van der Waals surface area contributed by atoms with E-state index in [-0.39, 0.29) is 6.04 Å². The molecule has 0 radical (unpaired) electrons. The van der Waals surface area contributed by atoms with E-state index in [0.717, 1.165) is 32.5 Å². The van der Waals surface area contributed by atoms with Gasteiger partial charge >= 0.3 is 5.97 Å². The summed E-state index contributed by atoms with van der Waals surface area (Å²) in [6.45, 7) is 7.15. The second-order valence-corrected chi connectivity index (χ2v) is 7.60. The summed E-state index contributed by atoms with van der Waals surface area (Å²) in [5.41, 5.74) is 0. The van der Waals surface area contributed by atoms with Crippen LogP contribution in [0.3, 0.4) is 0 Å². The van der Waals surface area contributed by atoms with E-state index in [9.17, 15) is 4.79 Å². The van der Waals surface area contributed by atoms with Gasteiger partial charge < -0.3 is 15.7 Å². The average Bonchev–Trinajstić information content (AvgIpc) is 2.63. The fourth-order valence-electron chi connectivity index (χ4n) is 3.27. The number of nitrogens with one attached hydrogen (secondary N) is 2. The third kappa shape index (κ3) is 18.2. The third-order valence-electron chi connectivity index (χ3n) is 5.08. The van der Waals surface area contributed by atoms with Crippen LogP contribution in [0.1, 0.15) is 110 Å². The van der Waals surface area contributed by atoms with Gasteiger partial charge in [-0.15, -0.1) is 0 Å². The molecule has 0 amide bonds. The summed E-state index contributed by atoms with van der Waals surface area (Å²) in [4.78, 5) is 10.9. The number of hydrogen-bond acceptors (Lipinski definition) is 3. The Morgan fingerprint density at radius 2 is 1.12 bits per heavy atom. The molecule has 0 aliphatic carbocycles. The molecule has 0 aromatic heterocycles. The smallest absolute Gasteiger partial charge is 0.320 e. The van der Waals surface area contributed by atoms with E-state index >= 15 is 0 Å². The molecule has 0 aromatic carbocycles. The van der Waals surface area contributed by atoms with Gasteiger partial charge in [0.1, 0.15) is 6.04 Å². The molecule has 0 aliphatic rings. The first-order chi connectivity index (χ1) is 12.7. The number of aliphatic carboxylic acids is 1. The van der Waals surface area contributed by atoms with E-state index < -0.39 is 5.97 Å². The summed E-state index contributed by atoms with van der Waals surface area (Å²) in [6, 6.07) is -0.385. The Balaban J connectivity index is 3.10. The van der Waals surface area contributed by atoms with Crippen LogP contribution in [-0.2, 0) is 4.79 Å². The minimum Gasteiger partial charge on any atom is -0.480 e. The summed E-state index contributed by atoms with van der Waals surface area (Å²) in [5.74, 6) is -0.738. The zero-order valence-corrected chi connectivity index (χ0v) is 17.7. The predicted molar refractivity (Wildman–Crippen MR) is 113 cm³/mol. The van der Waals surface area contributed by atoms with Crippen molar-refractivity contribution in [2.45, 2.75) is 116 Å². The molecule has 3 N–H and O–H groups in total.